The number of allylic oxidation sites excluding steroid dienone is 1. The number of hydrogen-bond acceptors (Lipinski definition) is 5. The van der Waals surface area contributed by atoms with Crippen LogP contribution in [0.15, 0.2) is 64.8 Å². The van der Waals surface area contributed by atoms with E-state index < -0.39 is 11.7 Å². The molecule has 2 heterocycles. The SMILES string of the molecule is N#CC1=C(N)Oc2c(c(=O)sc3ccccc23)C1c1cccc(F)c1. The summed E-state index contributed by atoms with van der Waals surface area (Å²) < 4.78 is 19.9. The van der Waals surface area contributed by atoms with Gasteiger partial charge in [0.1, 0.15) is 23.2 Å². The van der Waals surface area contributed by atoms with Crippen LogP contribution in [0.3, 0.4) is 0 Å². The zero-order chi connectivity index (χ0) is 17.6. The molecule has 0 aliphatic carbocycles. The Kier molecular flexibility index (Phi) is 3.52. The van der Waals surface area contributed by atoms with Crippen molar-refractivity contribution in [3.63, 3.8) is 0 Å². The van der Waals surface area contributed by atoms with Gasteiger partial charge in [-0.2, -0.15) is 5.26 Å². The van der Waals surface area contributed by atoms with E-state index in [1.54, 1.807) is 12.1 Å². The Morgan fingerprint density at radius 1 is 1.20 bits per heavy atom. The summed E-state index contributed by atoms with van der Waals surface area (Å²) in [6, 6.07) is 15.2. The second-order valence-corrected chi connectivity index (χ2v) is 6.62. The minimum absolute atomic E-state index is 0.0648. The number of rotatable bonds is 1. The Hall–Kier alpha value is -3.17. The minimum Gasteiger partial charge on any atom is -0.439 e. The average molecular weight is 350 g/mol. The monoisotopic (exact) mass is 350 g/mol. The largest absolute Gasteiger partial charge is 0.439 e. The van der Waals surface area contributed by atoms with Gasteiger partial charge in [0.15, 0.2) is 0 Å². The fraction of sp³-hybridized carbons (Fsp3) is 0.0526. The lowest BCUT2D eigenvalue weighted by atomic mass is 9.84. The molecule has 0 saturated heterocycles. The van der Waals surface area contributed by atoms with Crippen molar-refractivity contribution in [2.24, 2.45) is 5.73 Å². The molecule has 1 atom stereocenters. The van der Waals surface area contributed by atoms with Crippen molar-refractivity contribution >= 4 is 21.4 Å². The summed E-state index contributed by atoms with van der Waals surface area (Å²) >= 11 is 1.07. The van der Waals surface area contributed by atoms with Gasteiger partial charge in [0.05, 0.1) is 11.5 Å². The number of hydrogen-bond donors (Lipinski definition) is 1. The van der Waals surface area contributed by atoms with Gasteiger partial charge in [0.25, 0.3) is 0 Å². The molecule has 2 N–H and O–H groups in total. The van der Waals surface area contributed by atoms with Gasteiger partial charge in [-0.25, -0.2) is 4.39 Å². The number of nitrogens with zero attached hydrogens (tertiary/aromatic N) is 1. The zero-order valence-corrected chi connectivity index (χ0v) is 13.6. The van der Waals surface area contributed by atoms with E-state index in [1.165, 1.54) is 12.1 Å². The highest BCUT2D eigenvalue weighted by molar-refractivity contribution is 7.16. The summed E-state index contributed by atoms with van der Waals surface area (Å²) in [5, 5.41) is 10.3. The lowest BCUT2D eigenvalue weighted by molar-refractivity contribution is 0.398. The molecule has 0 bridgehead atoms. The van der Waals surface area contributed by atoms with Crippen LogP contribution in [-0.2, 0) is 0 Å². The summed E-state index contributed by atoms with van der Waals surface area (Å²) in [6.45, 7) is 0. The third kappa shape index (κ3) is 2.37. The van der Waals surface area contributed by atoms with Crippen molar-refractivity contribution in [2.45, 2.75) is 5.92 Å². The molecule has 4 nitrogen and oxygen atoms in total. The highest BCUT2D eigenvalue weighted by Crippen LogP contribution is 2.44. The third-order valence-corrected chi connectivity index (χ3v) is 5.14. The molecule has 0 radical (unpaired) electrons. The summed E-state index contributed by atoms with van der Waals surface area (Å²) in [4.78, 5) is 12.8. The molecule has 3 aromatic rings. The van der Waals surface area contributed by atoms with E-state index in [-0.39, 0.29) is 16.2 Å². The van der Waals surface area contributed by atoms with Crippen molar-refractivity contribution in [2.75, 3.05) is 0 Å². The predicted octanol–water partition coefficient (Wildman–Crippen LogP) is 3.62. The number of nitriles is 1. The summed E-state index contributed by atoms with van der Waals surface area (Å²) in [7, 11) is 0. The minimum atomic E-state index is -0.752. The van der Waals surface area contributed by atoms with Crippen LogP contribution in [0.4, 0.5) is 4.39 Å². The topological polar surface area (TPSA) is 76.1 Å². The van der Waals surface area contributed by atoms with E-state index in [1.807, 2.05) is 30.3 Å². The molecule has 122 valence electrons. The molecule has 4 rings (SSSR count). The van der Waals surface area contributed by atoms with Crippen molar-refractivity contribution in [1.82, 2.24) is 0 Å². The van der Waals surface area contributed by atoms with Gasteiger partial charge in [-0.15, -0.1) is 0 Å². The number of nitrogens with two attached hydrogens (primary N) is 1. The molecule has 0 saturated carbocycles. The van der Waals surface area contributed by atoms with E-state index >= 15 is 0 Å². The molecule has 1 aliphatic rings. The molecule has 2 aromatic carbocycles. The molecule has 0 fully saturated rings. The van der Waals surface area contributed by atoms with Crippen molar-refractivity contribution in [1.29, 1.82) is 5.26 Å². The zero-order valence-electron chi connectivity index (χ0n) is 12.8. The molecular formula is C19H11FN2O2S. The van der Waals surface area contributed by atoms with E-state index in [2.05, 4.69) is 0 Å². The Morgan fingerprint density at radius 2 is 2.00 bits per heavy atom. The quantitative estimate of drug-likeness (QED) is 0.727. The van der Waals surface area contributed by atoms with Crippen LogP contribution in [0.25, 0.3) is 10.1 Å². The van der Waals surface area contributed by atoms with Crippen LogP contribution < -0.4 is 15.2 Å². The average Bonchev–Trinajstić information content (AvgIpc) is 2.60. The van der Waals surface area contributed by atoms with Crippen molar-refractivity contribution < 1.29 is 9.13 Å². The van der Waals surface area contributed by atoms with Gasteiger partial charge in [-0.05, 0) is 29.8 Å². The molecule has 0 spiro atoms. The van der Waals surface area contributed by atoms with Crippen LogP contribution >= 0.6 is 11.3 Å². The lowest BCUT2D eigenvalue weighted by Gasteiger charge is -2.26. The maximum absolute atomic E-state index is 13.7. The van der Waals surface area contributed by atoms with E-state index in [0.29, 0.717) is 16.9 Å². The Bertz CT molecular complexity index is 1140. The smallest absolute Gasteiger partial charge is 0.240 e. The maximum atomic E-state index is 13.7. The van der Waals surface area contributed by atoms with Gasteiger partial charge < -0.3 is 10.5 Å². The van der Waals surface area contributed by atoms with Gasteiger partial charge in [0, 0.05) is 10.1 Å². The number of benzene rings is 2. The standard InChI is InChI=1S/C19H11FN2O2S/c20-11-5-3-4-10(8-11)15-13(9-21)18(22)24-17-12-6-1-2-7-14(12)25-19(23)16(15)17/h1-8,15H,22H2. The fourth-order valence-corrected chi connectivity index (χ4v) is 4.02. The molecule has 25 heavy (non-hydrogen) atoms. The summed E-state index contributed by atoms with van der Waals surface area (Å²) in [5.74, 6) is -0.925. The van der Waals surface area contributed by atoms with Gasteiger partial charge in [0.2, 0.25) is 10.6 Å². The first kappa shape index (κ1) is 15.4. The van der Waals surface area contributed by atoms with Gasteiger partial charge in [-0.1, -0.05) is 35.6 Å². The predicted molar refractivity (Wildman–Crippen MR) is 93.8 cm³/mol. The highest BCUT2D eigenvalue weighted by Gasteiger charge is 2.34. The van der Waals surface area contributed by atoms with Crippen LogP contribution in [0, 0.1) is 17.1 Å². The second kappa shape index (κ2) is 5.72. The van der Waals surface area contributed by atoms with E-state index in [9.17, 15) is 14.4 Å². The van der Waals surface area contributed by atoms with Crippen LogP contribution in [-0.4, -0.2) is 0 Å². The fourth-order valence-electron chi connectivity index (χ4n) is 3.09. The molecule has 1 aliphatic heterocycles. The Morgan fingerprint density at radius 3 is 2.76 bits per heavy atom. The molecular weight excluding hydrogens is 339 g/mol. The first-order chi connectivity index (χ1) is 12.1. The Balaban J connectivity index is 2.10. The number of ether oxygens (including phenoxy) is 1. The number of fused-ring (bicyclic) bond motifs is 3. The summed E-state index contributed by atoms with van der Waals surface area (Å²) in [6.07, 6.45) is 0. The van der Waals surface area contributed by atoms with Crippen molar-refractivity contribution in [3.8, 4) is 11.8 Å². The lowest BCUT2D eigenvalue weighted by Crippen LogP contribution is -2.25. The molecule has 0 amide bonds. The molecule has 6 heteroatoms. The van der Waals surface area contributed by atoms with E-state index in [4.69, 9.17) is 10.5 Å². The maximum Gasteiger partial charge on any atom is 0.240 e. The first-order valence-electron chi connectivity index (χ1n) is 7.49. The highest BCUT2D eigenvalue weighted by atomic mass is 32.1. The molecule has 1 aromatic heterocycles. The third-order valence-electron chi connectivity index (χ3n) is 4.16. The summed E-state index contributed by atoms with van der Waals surface area (Å²) in [5.41, 5.74) is 6.87. The van der Waals surface area contributed by atoms with Crippen LogP contribution in [0.2, 0.25) is 0 Å². The van der Waals surface area contributed by atoms with Crippen LogP contribution in [0.5, 0.6) is 5.75 Å². The van der Waals surface area contributed by atoms with Crippen LogP contribution in [0.1, 0.15) is 17.0 Å². The Labute approximate surface area is 146 Å². The van der Waals surface area contributed by atoms with Gasteiger partial charge in [-0.3, -0.25) is 4.79 Å². The normalized spacial score (nSPS) is 16.2. The second-order valence-electron chi connectivity index (χ2n) is 5.61. The van der Waals surface area contributed by atoms with E-state index in [0.717, 1.165) is 21.4 Å². The first-order valence-corrected chi connectivity index (χ1v) is 8.30. The van der Waals surface area contributed by atoms with Gasteiger partial charge >= 0.3 is 0 Å². The van der Waals surface area contributed by atoms with Crippen molar-refractivity contribution in [3.05, 3.63) is 86.5 Å². The number of halogens is 1. The molecule has 1 unspecified atom stereocenters.